The molecule has 9 heteroatoms. The van der Waals surface area contributed by atoms with E-state index in [9.17, 15) is 13.2 Å². The predicted octanol–water partition coefficient (Wildman–Crippen LogP) is 1.42. The number of aromatic nitrogens is 1. The molecular weight excluding hydrogens is 402 g/mol. The Balaban J connectivity index is 1.41. The highest BCUT2D eigenvalue weighted by Crippen LogP contribution is 2.15. The first-order chi connectivity index (χ1) is 14.4. The highest BCUT2D eigenvalue weighted by Gasteiger charge is 2.26. The molecule has 1 aromatic carbocycles. The summed E-state index contributed by atoms with van der Waals surface area (Å²) in [7, 11) is 0.540. The Morgan fingerprint density at radius 3 is 2.37 bits per heavy atom. The van der Waals surface area contributed by atoms with Gasteiger partial charge in [-0.25, -0.2) is 13.4 Å². The fourth-order valence-corrected chi connectivity index (χ4v) is 4.82. The van der Waals surface area contributed by atoms with Crippen molar-refractivity contribution in [3.05, 3.63) is 54.2 Å². The van der Waals surface area contributed by atoms with E-state index in [2.05, 4.69) is 15.2 Å². The first kappa shape index (κ1) is 22.0. The molecule has 2 aromatic rings. The molecule has 1 saturated heterocycles. The third-order valence-corrected chi connectivity index (χ3v) is 7.07. The third-order valence-electron chi connectivity index (χ3n) is 5.12. The molecule has 0 spiro atoms. The SMILES string of the molecule is CN(C)c1ccc(C(=O)NCCCS(=O)(=O)N2CCN(c3ccccn3)CC2)cc1. The van der Waals surface area contributed by atoms with Crippen molar-refractivity contribution in [2.24, 2.45) is 0 Å². The van der Waals surface area contributed by atoms with Crippen molar-refractivity contribution in [2.75, 3.05) is 62.4 Å². The van der Waals surface area contributed by atoms with Gasteiger partial charge in [-0.2, -0.15) is 4.31 Å². The second-order valence-electron chi connectivity index (χ2n) is 7.44. The molecule has 1 amide bonds. The summed E-state index contributed by atoms with van der Waals surface area (Å²) in [5.74, 6) is 0.703. The summed E-state index contributed by atoms with van der Waals surface area (Å²) < 4.78 is 26.8. The molecule has 1 fully saturated rings. The van der Waals surface area contributed by atoms with Crippen LogP contribution < -0.4 is 15.1 Å². The van der Waals surface area contributed by atoms with Crippen molar-refractivity contribution in [3.63, 3.8) is 0 Å². The van der Waals surface area contributed by atoms with Crippen LogP contribution in [0.5, 0.6) is 0 Å². The van der Waals surface area contributed by atoms with Gasteiger partial charge in [0.2, 0.25) is 10.0 Å². The van der Waals surface area contributed by atoms with E-state index in [-0.39, 0.29) is 11.7 Å². The topological polar surface area (TPSA) is 85.8 Å². The van der Waals surface area contributed by atoms with Crippen molar-refractivity contribution in [1.29, 1.82) is 0 Å². The van der Waals surface area contributed by atoms with Gasteiger partial charge in [0.15, 0.2) is 0 Å². The van der Waals surface area contributed by atoms with Crippen LogP contribution in [0.25, 0.3) is 0 Å². The molecule has 0 atom stereocenters. The van der Waals surface area contributed by atoms with Gasteiger partial charge in [0.25, 0.3) is 5.91 Å². The van der Waals surface area contributed by atoms with Crippen LogP contribution in [0.4, 0.5) is 11.5 Å². The van der Waals surface area contributed by atoms with Crippen LogP contribution >= 0.6 is 0 Å². The van der Waals surface area contributed by atoms with Crippen LogP contribution in [0.1, 0.15) is 16.8 Å². The van der Waals surface area contributed by atoms with Crippen LogP contribution in [0.15, 0.2) is 48.7 Å². The normalized spacial score (nSPS) is 15.1. The van der Waals surface area contributed by atoms with E-state index in [1.54, 1.807) is 18.3 Å². The third kappa shape index (κ3) is 5.70. The minimum absolute atomic E-state index is 0.0242. The van der Waals surface area contributed by atoms with Gasteiger partial charge < -0.3 is 15.1 Å². The highest BCUT2D eigenvalue weighted by atomic mass is 32.2. The summed E-state index contributed by atoms with van der Waals surface area (Å²) in [6.07, 6.45) is 2.12. The van der Waals surface area contributed by atoms with Crippen LogP contribution in [0.3, 0.4) is 0 Å². The summed E-state index contributed by atoms with van der Waals surface area (Å²) in [5.41, 5.74) is 1.58. The van der Waals surface area contributed by atoms with E-state index in [1.807, 2.05) is 49.3 Å². The van der Waals surface area contributed by atoms with Crippen molar-refractivity contribution >= 4 is 27.4 Å². The van der Waals surface area contributed by atoms with Crippen LogP contribution in [0.2, 0.25) is 0 Å². The molecule has 8 nitrogen and oxygen atoms in total. The number of sulfonamides is 1. The molecular formula is C21H29N5O3S. The molecule has 162 valence electrons. The molecule has 0 radical (unpaired) electrons. The fourth-order valence-electron chi connectivity index (χ4n) is 3.33. The molecule has 1 N–H and O–H groups in total. The predicted molar refractivity (Wildman–Crippen MR) is 120 cm³/mol. The molecule has 1 aliphatic heterocycles. The van der Waals surface area contributed by atoms with Crippen LogP contribution in [-0.4, -0.2) is 76.2 Å². The minimum Gasteiger partial charge on any atom is -0.378 e. The van der Waals surface area contributed by atoms with Gasteiger partial charge in [-0.15, -0.1) is 0 Å². The minimum atomic E-state index is -3.34. The smallest absolute Gasteiger partial charge is 0.251 e. The molecule has 0 unspecified atom stereocenters. The summed E-state index contributed by atoms with van der Waals surface area (Å²) in [5, 5.41) is 2.80. The van der Waals surface area contributed by atoms with E-state index >= 15 is 0 Å². The molecule has 30 heavy (non-hydrogen) atoms. The number of pyridine rings is 1. The average Bonchev–Trinajstić information content (AvgIpc) is 2.77. The van der Waals surface area contributed by atoms with Gasteiger partial charge in [0.1, 0.15) is 5.82 Å². The van der Waals surface area contributed by atoms with E-state index in [0.29, 0.717) is 44.7 Å². The Morgan fingerprint density at radius 2 is 1.77 bits per heavy atom. The zero-order valence-electron chi connectivity index (χ0n) is 17.5. The maximum Gasteiger partial charge on any atom is 0.251 e. The summed E-state index contributed by atoms with van der Waals surface area (Å²) in [6.45, 7) is 2.46. The highest BCUT2D eigenvalue weighted by molar-refractivity contribution is 7.89. The number of rotatable bonds is 8. The number of benzene rings is 1. The van der Waals surface area contributed by atoms with Crippen LogP contribution in [-0.2, 0) is 10.0 Å². The van der Waals surface area contributed by atoms with Gasteiger partial charge >= 0.3 is 0 Å². The molecule has 0 aliphatic carbocycles. The number of piperazine rings is 1. The quantitative estimate of drug-likeness (QED) is 0.637. The van der Waals surface area contributed by atoms with E-state index in [0.717, 1.165) is 11.5 Å². The number of nitrogens with one attached hydrogen (secondary N) is 1. The van der Waals surface area contributed by atoms with Gasteiger partial charge in [0, 0.05) is 64.3 Å². The van der Waals surface area contributed by atoms with Gasteiger partial charge in [-0.05, 0) is 42.8 Å². The monoisotopic (exact) mass is 431 g/mol. The van der Waals surface area contributed by atoms with E-state index in [4.69, 9.17) is 0 Å². The van der Waals surface area contributed by atoms with Gasteiger partial charge in [-0.1, -0.05) is 6.07 Å². The standard InChI is InChI=1S/C21H29N5O3S/c1-24(2)19-9-7-18(8-10-19)21(27)23-12-5-17-30(28,29)26-15-13-25(14-16-26)20-6-3-4-11-22-20/h3-4,6-11H,5,12-17H2,1-2H3,(H,23,27). The Kier molecular flexibility index (Phi) is 7.28. The van der Waals surface area contributed by atoms with Crippen molar-refractivity contribution in [3.8, 4) is 0 Å². The largest absolute Gasteiger partial charge is 0.378 e. The number of carbonyl (C=O) groups is 1. The first-order valence-electron chi connectivity index (χ1n) is 10.1. The molecule has 2 heterocycles. The maximum atomic E-state index is 12.6. The fraction of sp³-hybridized carbons (Fsp3) is 0.429. The Labute approximate surface area is 178 Å². The number of amides is 1. The maximum absolute atomic E-state index is 12.6. The second-order valence-corrected chi connectivity index (χ2v) is 9.53. The Bertz CT molecular complexity index is 925. The lowest BCUT2D eigenvalue weighted by molar-refractivity contribution is 0.0953. The lowest BCUT2D eigenvalue weighted by Gasteiger charge is -2.34. The zero-order valence-corrected chi connectivity index (χ0v) is 18.3. The number of nitrogens with zero attached hydrogens (tertiary/aromatic N) is 4. The van der Waals surface area contributed by atoms with Crippen molar-refractivity contribution in [1.82, 2.24) is 14.6 Å². The Morgan fingerprint density at radius 1 is 1.07 bits per heavy atom. The number of hydrogen-bond donors (Lipinski definition) is 1. The zero-order chi connectivity index (χ0) is 21.6. The molecule has 1 aromatic heterocycles. The van der Waals surface area contributed by atoms with E-state index in [1.165, 1.54) is 4.31 Å². The number of carbonyl (C=O) groups excluding carboxylic acids is 1. The van der Waals surface area contributed by atoms with Gasteiger partial charge in [0.05, 0.1) is 5.75 Å². The molecule has 0 saturated carbocycles. The lowest BCUT2D eigenvalue weighted by atomic mass is 10.2. The second kappa shape index (κ2) is 9.90. The molecule has 1 aliphatic rings. The van der Waals surface area contributed by atoms with Crippen molar-refractivity contribution in [2.45, 2.75) is 6.42 Å². The summed E-state index contributed by atoms with van der Waals surface area (Å²) in [4.78, 5) is 20.6. The first-order valence-corrected chi connectivity index (χ1v) is 11.7. The van der Waals surface area contributed by atoms with Crippen LogP contribution in [0, 0.1) is 0 Å². The van der Waals surface area contributed by atoms with E-state index < -0.39 is 10.0 Å². The molecule has 3 rings (SSSR count). The number of anilines is 2. The van der Waals surface area contributed by atoms with Gasteiger partial charge in [-0.3, -0.25) is 4.79 Å². The summed E-state index contributed by atoms with van der Waals surface area (Å²) in [6, 6.07) is 13.0. The average molecular weight is 432 g/mol. The van der Waals surface area contributed by atoms with Crippen molar-refractivity contribution < 1.29 is 13.2 Å². The molecule has 0 bridgehead atoms. The lowest BCUT2D eigenvalue weighted by Crippen LogP contribution is -2.49. The Hall–Kier alpha value is -2.65. The number of hydrogen-bond acceptors (Lipinski definition) is 6. The summed E-state index contributed by atoms with van der Waals surface area (Å²) >= 11 is 0.